The number of carbonyl (C=O) groups excluding carboxylic acids is 1. The van der Waals surface area contributed by atoms with Crippen LogP contribution in [0.3, 0.4) is 0 Å². The van der Waals surface area contributed by atoms with Crippen LogP contribution in [0, 0.1) is 5.41 Å². The summed E-state index contributed by atoms with van der Waals surface area (Å²) in [5.74, 6) is -0.126. The van der Waals surface area contributed by atoms with Gasteiger partial charge in [-0.15, -0.1) is 0 Å². The second kappa shape index (κ2) is 5.98. The van der Waals surface area contributed by atoms with Gasteiger partial charge in [0.15, 0.2) is 0 Å². The van der Waals surface area contributed by atoms with E-state index in [-0.39, 0.29) is 11.8 Å². The Morgan fingerprint density at radius 1 is 1.27 bits per heavy atom. The molecule has 1 fully saturated rings. The van der Waals surface area contributed by atoms with Crippen LogP contribution in [0.5, 0.6) is 0 Å². The maximum absolute atomic E-state index is 13.6. The SMILES string of the molecule is CC1CN(C(=O)C2(C(F)F)CCCC2)CCc2ccccc21. The summed E-state index contributed by atoms with van der Waals surface area (Å²) in [4.78, 5) is 14.6. The van der Waals surface area contributed by atoms with Crippen LogP contribution in [0.15, 0.2) is 24.3 Å². The zero-order valence-electron chi connectivity index (χ0n) is 13.0. The van der Waals surface area contributed by atoms with Crippen LogP contribution in [0.2, 0.25) is 0 Å². The largest absolute Gasteiger partial charge is 0.341 e. The van der Waals surface area contributed by atoms with Crippen LogP contribution in [0.4, 0.5) is 8.78 Å². The quantitative estimate of drug-likeness (QED) is 0.808. The zero-order valence-corrected chi connectivity index (χ0v) is 13.0. The molecule has 0 spiro atoms. The normalized spacial score (nSPS) is 24.2. The average Bonchev–Trinajstić information content (AvgIpc) is 2.95. The lowest BCUT2D eigenvalue weighted by Crippen LogP contribution is -2.47. The molecule has 3 rings (SSSR count). The molecule has 1 saturated carbocycles. The Labute approximate surface area is 130 Å². The topological polar surface area (TPSA) is 20.3 Å². The van der Waals surface area contributed by atoms with Crippen LogP contribution in [0.1, 0.15) is 49.7 Å². The van der Waals surface area contributed by atoms with Crippen molar-refractivity contribution >= 4 is 5.91 Å². The molecule has 1 atom stereocenters. The van der Waals surface area contributed by atoms with Gasteiger partial charge >= 0.3 is 0 Å². The van der Waals surface area contributed by atoms with Crippen molar-refractivity contribution in [1.82, 2.24) is 4.90 Å². The molecule has 120 valence electrons. The van der Waals surface area contributed by atoms with E-state index in [9.17, 15) is 13.6 Å². The summed E-state index contributed by atoms with van der Waals surface area (Å²) in [6.45, 7) is 3.17. The highest BCUT2D eigenvalue weighted by molar-refractivity contribution is 5.83. The van der Waals surface area contributed by atoms with Gasteiger partial charge in [0.1, 0.15) is 5.41 Å². The molecule has 1 aromatic rings. The van der Waals surface area contributed by atoms with E-state index in [2.05, 4.69) is 19.1 Å². The lowest BCUT2D eigenvalue weighted by molar-refractivity contribution is -0.152. The molecule has 0 bridgehead atoms. The summed E-state index contributed by atoms with van der Waals surface area (Å²) >= 11 is 0. The first-order chi connectivity index (χ1) is 10.5. The fourth-order valence-corrected chi connectivity index (χ4v) is 4.05. The summed E-state index contributed by atoms with van der Waals surface area (Å²) < 4.78 is 27.2. The fraction of sp³-hybridized carbons (Fsp3) is 0.611. The minimum atomic E-state index is -2.55. The van der Waals surface area contributed by atoms with Gasteiger partial charge in [-0.1, -0.05) is 44.0 Å². The van der Waals surface area contributed by atoms with Crippen LogP contribution in [-0.4, -0.2) is 30.3 Å². The van der Waals surface area contributed by atoms with Crippen LogP contribution >= 0.6 is 0 Å². The number of hydrogen-bond acceptors (Lipinski definition) is 1. The maximum Gasteiger partial charge on any atom is 0.252 e. The van der Waals surface area contributed by atoms with Gasteiger partial charge in [0, 0.05) is 13.1 Å². The van der Waals surface area contributed by atoms with Crippen LogP contribution in [0.25, 0.3) is 0 Å². The molecule has 4 heteroatoms. The van der Waals surface area contributed by atoms with Gasteiger partial charge in [-0.05, 0) is 36.3 Å². The van der Waals surface area contributed by atoms with E-state index in [1.807, 2.05) is 12.1 Å². The van der Waals surface area contributed by atoms with Crippen molar-refractivity contribution in [3.8, 4) is 0 Å². The van der Waals surface area contributed by atoms with Crippen molar-refractivity contribution in [2.75, 3.05) is 13.1 Å². The third-order valence-electron chi connectivity index (χ3n) is 5.36. The molecule has 1 aromatic carbocycles. The number of alkyl halides is 2. The molecular weight excluding hydrogens is 284 g/mol. The first kappa shape index (κ1) is 15.4. The Kier molecular flexibility index (Phi) is 4.20. The monoisotopic (exact) mass is 307 g/mol. The fourth-order valence-electron chi connectivity index (χ4n) is 4.05. The standard InChI is InChI=1S/C18H23F2NO/c1-13-12-21(11-8-14-6-2-3-7-15(13)14)17(22)18(16(19)20)9-4-5-10-18/h2-3,6-7,13,16H,4-5,8-12H2,1H3. The van der Waals surface area contributed by atoms with E-state index >= 15 is 0 Å². The molecule has 0 aromatic heterocycles. The molecule has 1 aliphatic carbocycles. The van der Waals surface area contributed by atoms with E-state index in [1.54, 1.807) is 4.90 Å². The molecule has 0 N–H and O–H groups in total. The summed E-state index contributed by atoms with van der Waals surface area (Å²) in [5.41, 5.74) is 1.06. The maximum atomic E-state index is 13.6. The smallest absolute Gasteiger partial charge is 0.252 e. The highest BCUT2D eigenvalue weighted by Crippen LogP contribution is 2.45. The van der Waals surface area contributed by atoms with Gasteiger partial charge < -0.3 is 4.90 Å². The number of carbonyl (C=O) groups is 1. The number of hydrogen-bond donors (Lipinski definition) is 0. The number of fused-ring (bicyclic) bond motifs is 1. The molecule has 0 saturated heterocycles. The van der Waals surface area contributed by atoms with Crippen molar-refractivity contribution < 1.29 is 13.6 Å². The molecular formula is C18H23F2NO. The first-order valence-electron chi connectivity index (χ1n) is 8.20. The van der Waals surface area contributed by atoms with Gasteiger partial charge in [-0.3, -0.25) is 4.79 Å². The Hall–Kier alpha value is -1.45. The number of amides is 1. The van der Waals surface area contributed by atoms with E-state index in [4.69, 9.17) is 0 Å². The Morgan fingerprint density at radius 3 is 2.64 bits per heavy atom. The second-order valence-corrected chi connectivity index (χ2v) is 6.76. The summed E-state index contributed by atoms with van der Waals surface area (Å²) in [7, 11) is 0. The van der Waals surface area contributed by atoms with E-state index < -0.39 is 11.8 Å². The summed E-state index contributed by atoms with van der Waals surface area (Å²) in [6, 6.07) is 8.18. The highest BCUT2D eigenvalue weighted by atomic mass is 19.3. The second-order valence-electron chi connectivity index (χ2n) is 6.76. The van der Waals surface area contributed by atoms with Gasteiger partial charge in [0.25, 0.3) is 6.43 Å². The minimum Gasteiger partial charge on any atom is -0.341 e. The van der Waals surface area contributed by atoms with Crippen molar-refractivity contribution in [3.63, 3.8) is 0 Å². The summed E-state index contributed by atoms with van der Waals surface area (Å²) in [5, 5.41) is 0. The highest BCUT2D eigenvalue weighted by Gasteiger charge is 2.51. The van der Waals surface area contributed by atoms with Crippen molar-refractivity contribution in [2.45, 2.75) is 51.4 Å². The predicted molar refractivity (Wildman–Crippen MR) is 82.0 cm³/mol. The molecule has 2 nitrogen and oxygen atoms in total. The molecule has 1 heterocycles. The van der Waals surface area contributed by atoms with E-state index in [1.165, 1.54) is 11.1 Å². The van der Waals surface area contributed by atoms with Crippen LogP contribution < -0.4 is 0 Å². The van der Waals surface area contributed by atoms with Crippen molar-refractivity contribution in [3.05, 3.63) is 35.4 Å². The Morgan fingerprint density at radius 2 is 1.95 bits per heavy atom. The third-order valence-corrected chi connectivity index (χ3v) is 5.36. The van der Waals surface area contributed by atoms with Gasteiger partial charge in [0.05, 0.1) is 0 Å². The number of halogens is 2. The van der Waals surface area contributed by atoms with E-state index in [0.717, 1.165) is 19.3 Å². The lowest BCUT2D eigenvalue weighted by Gasteiger charge is -2.34. The van der Waals surface area contributed by atoms with Gasteiger partial charge in [0.2, 0.25) is 5.91 Å². The Bertz CT molecular complexity index is 552. The van der Waals surface area contributed by atoms with Gasteiger partial charge in [-0.25, -0.2) is 8.78 Å². The molecule has 0 radical (unpaired) electrons. The average molecular weight is 307 g/mol. The number of rotatable bonds is 2. The Balaban J connectivity index is 1.83. The number of nitrogens with zero attached hydrogens (tertiary/aromatic N) is 1. The molecule has 1 aliphatic heterocycles. The third kappa shape index (κ3) is 2.53. The van der Waals surface area contributed by atoms with Crippen LogP contribution in [-0.2, 0) is 11.2 Å². The molecule has 1 unspecified atom stereocenters. The predicted octanol–water partition coefficient (Wildman–Crippen LogP) is 4.00. The van der Waals surface area contributed by atoms with Crippen molar-refractivity contribution in [1.29, 1.82) is 0 Å². The minimum absolute atomic E-state index is 0.193. The van der Waals surface area contributed by atoms with Gasteiger partial charge in [-0.2, -0.15) is 0 Å². The van der Waals surface area contributed by atoms with E-state index in [0.29, 0.717) is 25.9 Å². The molecule has 22 heavy (non-hydrogen) atoms. The number of benzene rings is 1. The first-order valence-corrected chi connectivity index (χ1v) is 8.20. The molecule has 1 amide bonds. The molecule has 2 aliphatic rings. The summed E-state index contributed by atoms with van der Waals surface area (Å²) in [6.07, 6.45) is 0.344. The van der Waals surface area contributed by atoms with Crippen molar-refractivity contribution in [2.24, 2.45) is 5.41 Å². The lowest BCUT2D eigenvalue weighted by atomic mass is 9.84. The zero-order chi connectivity index (χ0) is 15.7.